The first-order chi connectivity index (χ1) is 26.4. The fourth-order valence-corrected chi connectivity index (χ4v) is 10.8. The Hall–Kier alpha value is -3.72. The van der Waals surface area contributed by atoms with Gasteiger partial charge in [-0.3, -0.25) is 0 Å². The Bertz CT molecular complexity index is 1980. The van der Waals surface area contributed by atoms with E-state index in [2.05, 4.69) is 151 Å². The summed E-state index contributed by atoms with van der Waals surface area (Å²) in [5.41, 5.74) is 10.7. The Kier molecular flexibility index (Phi) is 12.1. The topological polar surface area (TPSA) is 18.5 Å². The predicted molar refractivity (Wildman–Crippen MR) is 230 cm³/mol. The summed E-state index contributed by atoms with van der Waals surface area (Å²) in [5, 5.41) is 2.62. The van der Waals surface area contributed by atoms with E-state index in [1.54, 1.807) is 0 Å². The second-order valence-electron chi connectivity index (χ2n) is 16.6. The molecule has 0 radical (unpaired) electrons. The van der Waals surface area contributed by atoms with Gasteiger partial charge in [0.2, 0.25) is 0 Å². The number of fused-ring (bicyclic) bond motifs is 4. The van der Waals surface area contributed by atoms with Gasteiger partial charge < -0.3 is 9.47 Å². The number of ether oxygens (including phenoxy) is 2. The smallest absolute Gasteiger partial charge is 0.0688 e. The van der Waals surface area contributed by atoms with Gasteiger partial charge in [0.1, 0.15) is 0 Å². The highest BCUT2D eigenvalue weighted by atomic mass is 16.5. The molecular weight excluding hydrogens is 657 g/mol. The summed E-state index contributed by atoms with van der Waals surface area (Å²) < 4.78 is 14.0. The molecule has 2 nitrogen and oxygen atoms in total. The molecule has 2 heteroatoms. The van der Waals surface area contributed by atoms with Crippen LogP contribution in [0.4, 0.5) is 0 Å². The number of hydrogen-bond donors (Lipinski definition) is 0. The summed E-state index contributed by atoms with van der Waals surface area (Å²) in [7, 11) is 0. The zero-order valence-electron chi connectivity index (χ0n) is 34.0. The highest BCUT2D eigenvalue weighted by molar-refractivity contribution is 6.00. The monoisotopic (exact) mass is 720 g/mol. The lowest BCUT2D eigenvalue weighted by atomic mass is 9.67. The summed E-state index contributed by atoms with van der Waals surface area (Å²) in [6, 6.07) is 41.4. The van der Waals surface area contributed by atoms with Crippen molar-refractivity contribution in [1.29, 1.82) is 0 Å². The molecule has 4 unspecified atom stereocenters. The van der Waals surface area contributed by atoms with Crippen molar-refractivity contribution in [2.24, 2.45) is 5.41 Å². The second-order valence-corrected chi connectivity index (χ2v) is 16.6. The summed E-state index contributed by atoms with van der Waals surface area (Å²) in [5.74, 6) is 0.242. The Labute approximate surface area is 326 Å². The number of rotatable bonds is 16. The molecule has 284 valence electrons. The predicted octanol–water partition coefficient (Wildman–Crippen LogP) is 14.5. The van der Waals surface area contributed by atoms with Crippen LogP contribution in [0, 0.1) is 5.41 Å². The van der Waals surface area contributed by atoms with Crippen molar-refractivity contribution in [2.75, 3.05) is 6.61 Å². The van der Waals surface area contributed by atoms with Gasteiger partial charge in [-0.25, -0.2) is 0 Å². The van der Waals surface area contributed by atoms with Crippen LogP contribution in [-0.4, -0.2) is 24.9 Å². The molecule has 0 N–H and O–H groups in total. The van der Waals surface area contributed by atoms with Gasteiger partial charge in [-0.15, -0.1) is 0 Å². The van der Waals surface area contributed by atoms with Gasteiger partial charge in [0.15, 0.2) is 0 Å². The van der Waals surface area contributed by atoms with E-state index < -0.39 is 0 Å². The zero-order valence-corrected chi connectivity index (χ0v) is 34.0. The van der Waals surface area contributed by atoms with Gasteiger partial charge in [0.25, 0.3) is 0 Å². The van der Waals surface area contributed by atoms with Crippen LogP contribution < -0.4 is 0 Å². The van der Waals surface area contributed by atoms with Gasteiger partial charge >= 0.3 is 0 Å². The molecule has 0 amide bonds. The SMILES string of the molecule is CCCC(CC)(CCC)C(C)OCC1c2ccccc2-c2cc(-c3ccc(C(CC)(c4ccccc4)C(C)OC4CCCCC4)c4ccccc34)ccc21. The van der Waals surface area contributed by atoms with Crippen LogP contribution in [0.2, 0.25) is 0 Å². The minimum atomic E-state index is -0.276. The van der Waals surface area contributed by atoms with Crippen LogP contribution in [0.5, 0.6) is 0 Å². The van der Waals surface area contributed by atoms with E-state index in [0.717, 1.165) is 13.0 Å². The van der Waals surface area contributed by atoms with Crippen molar-refractivity contribution in [3.05, 3.63) is 131 Å². The average molecular weight is 721 g/mol. The van der Waals surface area contributed by atoms with Gasteiger partial charge in [-0.1, -0.05) is 163 Å². The van der Waals surface area contributed by atoms with Gasteiger partial charge in [0.05, 0.1) is 24.9 Å². The normalized spacial score (nSPS) is 18.2. The molecule has 7 rings (SSSR count). The van der Waals surface area contributed by atoms with Crippen molar-refractivity contribution < 1.29 is 9.47 Å². The van der Waals surface area contributed by atoms with E-state index in [-0.39, 0.29) is 29.0 Å². The minimum Gasteiger partial charge on any atom is -0.377 e. The highest BCUT2D eigenvalue weighted by Gasteiger charge is 2.42. The van der Waals surface area contributed by atoms with E-state index in [1.807, 2.05) is 0 Å². The summed E-state index contributed by atoms with van der Waals surface area (Å²) in [4.78, 5) is 0. The van der Waals surface area contributed by atoms with Crippen LogP contribution in [0.15, 0.2) is 109 Å². The molecule has 54 heavy (non-hydrogen) atoms. The molecule has 0 aromatic heterocycles. The first-order valence-electron chi connectivity index (χ1n) is 21.5. The van der Waals surface area contributed by atoms with Crippen LogP contribution in [0.3, 0.4) is 0 Å². The van der Waals surface area contributed by atoms with E-state index >= 15 is 0 Å². The minimum absolute atomic E-state index is 0.0343. The van der Waals surface area contributed by atoms with Crippen molar-refractivity contribution >= 4 is 10.8 Å². The molecule has 1 saturated carbocycles. The van der Waals surface area contributed by atoms with E-state index in [1.165, 1.54) is 119 Å². The van der Waals surface area contributed by atoms with E-state index in [4.69, 9.17) is 9.47 Å². The second kappa shape index (κ2) is 17.0. The van der Waals surface area contributed by atoms with Crippen molar-refractivity contribution in [3.63, 3.8) is 0 Å². The average Bonchev–Trinajstić information content (AvgIpc) is 3.53. The Balaban J connectivity index is 1.27. The Morgan fingerprint density at radius 2 is 1.28 bits per heavy atom. The quantitative estimate of drug-likeness (QED) is 0.101. The third-order valence-electron chi connectivity index (χ3n) is 13.8. The molecule has 2 aliphatic carbocycles. The maximum Gasteiger partial charge on any atom is 0.0688 e. The lowest BCUT2D eigenvalue weighted by molar-refractivity contribution is -0.0509. The molecule has 0 bridgehead atoms. The van der Waals surface area contributed by atoms with Gasteiger partial charge in [0, 0.05) is 11.3 Å². The molecule has 5 aromatic rings. The Morgan fingerprint density at radius 3 is 1.98 bits per heavy atom. The van der Waals surface area contributed by atoms with Crippen LogP contribution >= 0.6 is 0 Å². The third kappa shape index (κ3) is 7.10. The molecule has 5 aromatic carbocycles. The zero-order chi connectivity index (χ0) is 37.7. The largest absolute Gasteiger partial charge is 0.377 e. The molecule has 2 aliphatic rings. The maximum atomic E-state index is 7.09. The lowest BCUT2D eigenvalue weighted by Gasteiger charge is -2.42. The van der Waals surface area contributed by atoms with E-state index in [9.17, 15) is 0 Å². The van der Waals surface area contributed by atoms with Crippen LogP contribution in [-0.2, 0) is 14.9 Å². The first kappa shape index (κ1) is 38.6. The van der Waals surface area contributed by atoms with Crippen molar-refractivity contribution in [3.8, 4) is 22.3 Å². The summed E-state index contributed by atoms with van der Waals surface area (Å²) >= 11 is 0. The van der Waals surface area contributed by atoms with Crippen molar-refractivity contribution in [1.82, 2.24) is 0 Å². The fraction of sp³-hybridized carbons (Fsp3) is 0.462. The van der Waals surface area contributed by atoms with Crippen LogP contribution in [0.25, 0.3) is 33.0 Å². The molecule has 4 atom stereocenters. The lowest BCUT2D eigenvalue weighted by Crippen LogP contribution is -2.42. The molecule has 1 fully saturated rings. The summed E-state index contributed by atoms with van der Waals surface area (Å²) in [6.07, 6.45) is 13.8. The molecule has 0 spiro atoms. The van der Waals surface area contributed by atoms with Gasteiger partial charge in [-0.2, -0.15) is 0 Å². The molecule has 0 aliphatic heterocycles. The molecule has 0 saturated heterocycles. The van der Waals surface area contributed by atoms with Crippen molar-refractivity contribution in [2.45, 2.75) is 142 Å². The highest BCUT2D eigenvalue weighted by Crippen LogP contribution is 2.50. The number of benzene rings is 5. The van der Waals surface area contributed by atoms with Gasteiger partial charge in [-0.05, 0) is 119 Å². The molecular formula is C52H64O2. The third-order valence-corrected chi connectivity index (χ3v) is 13.8. The van der Waals surface area contributed by atoms with E-state index in [0.29, 0.717) is 6.10 Å². The van der Waals surface area contributed by atoms with Crippen LogP contribution in [0.1, 0.15) is 140 Å². The standard InChI is InChI=1S/C52H64O2/c1-7-33-51(9-3,34-8-2)37(5)53-36-49-45-27-18-17-26-44(45)48-35-39(29-30-46(48)49)42-31-32-50(47-28-20-19-25-43(42)47)52(10-4,40-21-13-11-14-22-40)38(6)54-41-23-15-12-16-24-41/h11,13-14,17-22,25-32,35,37-38,41,49H,7-10,12,15-16,23-24,33-34,36H2,1-6H3. The fourth-order valence-electron chi connectivity index (χ4n) is 10.8. The summed E-state index contributed by atoms with van der Waals surface area (Å²) in [6.45, 7) is 14.7. The maximum absolute atomic E-state index is 7.09. The Morgan fingerprint density at radius 1 is 0.611 bits per heavy atom. The first-order valence-corrected chi connectivity index (χ1v) is 21.5. The molecule has 0 heterocycles. The number of hydrogen-bond acceptors (Lipinski definition) is 2.